The number of hydrogen-bond acceptors (Lipinski definition) is 4. The van der Waals surface area contributed by atoms with Crippen molar-refractivity contribution in [1.82, 2.24) is 0 Å². The minimum atomic E-state index is -0.228. The molecule has 1 N–H and O–H groups in total. The summed E-state index contributed by atoms with van der Waals surface area (Å²) in [6.45, 7) is 6.16. The molecule has 4 nitrogen and oxygen atoms in total. The van der Waals surface area contributed by atoms with E-state index in [-0.39, 0.29) is 5.41 Å². The molecule has 0 spiro atoms. The highest BCUT2D eigenvalue weighted by Gasteiger charge is 2.28. The number of anilines is 5. The van der Waals surface area contributed by atoms with Gasteiger partial charge in [0.05, 0.1) is 45.6 Å². The van der Waals surface area contributed by atoms with Crippen molar-refractivity contribution in [2.24, 2.45) is 0 Å². The largest absolute Gasteiger partial charge is 0.352 e. The van der Waals surface area contributed by atoms with E-state index in [1.807, 2.05) is 60.7 Å². The van der Waals surface area contributed by atoms with Gasteiger partial charge in [-0.05, 0) is 47.4 Å². The lowest BCUT2D eigenvalue weighted by atomic mass is 9.82. The molecule has 0 saturated carbocycles. The molecule has 0 aliphatic carbocycles. The molecule has 4 heteroatoms. The second kappa shape index (κ2) is 6.44. The van der Waals surface area contributed by atoms with Crippen LogP contribution in [0.25, 0.3) is 0 Å². The normalized spacial score (nSPS) is 12.2. The van der Waals surface area contributed by atoms with Crippen LogP contribution < -0.4 is 10.2 Å². The van der Waals surface area contributed by atoms with Gasteiger partial charge in [-0.2, -0.15) is 10.5 Å². The summed E-state index contributed by atoms with van der Waals surface area (Å²) in [6.07, 6.45) is 0. The van der Waals surface area contributed by atoms with Gasteiger partial charge in [0.25, 0.3) is 0 Å². The van der Waals surface area contributed by atoms with Crippen LogP contribution in [0.4, 0.5) is 28.4 Å². The van der Waals surface area contributed by atoms with Crippen LogP contribution in [0.3, 0.4) is 0 Å². The smallest absolute Gasteiger partial charge is 0.101 e. The topological polar surface area (TPSA) is 62.9 Å². The fourth-order valence-corrected chi connectivity index (χ4v) is 3.66. The Hall–Kier alpha value is -3.76. The van der Waals surface area contributed by atoms with E-state index < -0.39 is 0 Å². The van der Waals surface area contributed by atoms with Gasteiger partial charge in [0.2, 0.25) is 0 Å². The number of fused-ring (bicyclic) bond motifs is 2. The summed E-state index contributed by atoms with van der Waals surface area (Å²) in [6, 6.07) is 24.3. The molecule has 0 unspecified atom stereocenters. The third-order valence-electron chi connectivity index (χ3n) is 4.98. The number of nitrogens with one attached hydrogen (secondary N) is 1. The number of nitriles is 2. The Kier molecular flexibility index (Phi) is 4.06. The molecule has 4 rings (SSSR count). The van der Waals surface area contributed by atoms with Crippen LogP contribution in [0.1, 0.15) is 37.5 Å². The summed E-state index contributed by atoms with van der Waals surface area (Å²) in [5.74, 6) is 0. The van der Waals surface area contributed by atoms with Crippen LogP contribution in [-0.2, 0) is 5.41 Å². The van der Waals surface area contributed by atoms with Crippen molar-refractivity contribution in [3.05, 3.63) is 77.4 Å². The van der Waals surface area contributed by atoms with Crippen molar-refractivity contribution in [2.45, 2.75) is 26.2 Å². The number of benzene rings is 3. The van der Waals surface area contributed by atoms with E-state index in [0.29, 0.717) is 16.8 Å². The molecule has 0 atom stereocenters. The van der Waals surface area contributed by atoms with Crippen molar-refractivity contribution in [3.63, 3.8) is 0 Å². The Labute approximate surface area is 165 Å². The highest BCUT2D eigenvalue weighted by Crippen LogP contribution is 2.49. The molecule has 136 valence electrons. The van der Waals surface area contributed by atoms with Gasteiger partial charge in [-0.1, -0.05) is 45.0 Å². The number of para-hydroxylation sites is 4. The lowest BCUT2D eigenvalue weighted by Crippen LogP contribution is -2.20. The minimum absolute atomic E-state index is 0.228. The summed E-state index contributed by atoms with van der Waals surface area (Å²) in [5.41, 5.74) is 6.34. The zero-order valence-electron chi connectivity index (χ0n) is 16.1. The molecular weight excluding hydrogens is 344 g/mol. The van der Waals surface area contributed by atoms with Crippen LogP contribution in [0.5, 0.6) is 0 Å². The quantitative estimate of drug-likeness (QED) is 0.433. The van der Waals surface area contributed by atoms with Crippen LogP contribution in [-0.4, -0.2) is 0 Å². The number of rotatable bonds is 1. The summed E-state index contributed by atoms with van der Waals surface area (Å²) in [5, 5.41) is 23.2. The van der Waals surface area contributed by atoms with Gasteiger partial charge in [0, 0.05) is 0 Å². The number of nitrogens with zero attached hydrogens (tertiary/aromatic N) is 3. The molecular formula is C24H20N4. The van der Waals surface area contributed by atoms with Crippen LogP contribution >= 0.6 is 0 Å². The zero-order chi connectivity index (χ0) is 19.9. The average molecular weight is 364 g/mol. The monoisotopic (exact) mass is 364 g/mol. The summed E-state index contributed by atoms with van der Waals surface area (Å²) < 4.78 is 0. The maximum Gasteiger partial charge on any atom is 0.101 e. The fraction of sp³-hybridized carbons (Fsp3) is 0.167. The van der Waals surface area contributed by atoms with Gasteiger partial charge in [-0.15, -0.1) is 0 Å². The highest BCUT2D eigenvalue weighted by molar-refractivity contribution is 5.97. The Morgan fingerprint density at radius 3 is 1.79 bits per heavy atom. The van der Waals surface area contributed by atoms with E-state index in [0.717, 1.165) is 28.3 Å². The summed E-state index contributed by atoms with van der Waals surface area (Å²) in [7, 11) is 0. The van der Waals surface area contributed by atoms with Gasteiger partial charge < -0.3 is 10.2 Å². The summed E-state index contributed by atoms with van der Waals surface area (Å²) >= 11 is 0. The third kappa shape index (κ3) is 2.76. The Balaban J connectivity index is 2.03. The number of hydrogen-bond donors (Lipinski definition) is 1. The molecule has 3 aromatic rings. The lowest BCUT2D eigenvalue weighted by molar-refractivity contribution is 0.588. The lowest BCUT2D eigenvalue weighted by Gasteiger charge is -2.35. The second-order valence-electron chi connectivity index (χ2n) is 7.88. The van der Waals surface area contributed by atoms with Crippen LogP contribution in [0.15, 0.2) is 60.7 Å². The second-order valence-corrected chi connectivity index (χ2v) is 7.88. The molecule has 0 saturated heterocycles. The molecule has 0 bridgehead atoms. The molecule has 0 amide bonds. The first-order valence-corrected chi connectivity index (χ1v) is 9.18. The highest BCUT2D eigenvalue weighted by atomic mass is 15.2. The van der Waals surface area contributed by atoms with Crippen molar-refractivity contribution in [3.8, 4) is 12.1 Å². The van der Waals surface area contributed by atoms with Gasteiger partial charge in [-0.3, -0.25) is 0 Å². The van der Waals surface area contributed by atoms with E-state index in [4.69, 9.17) is 0 Å². The molecule has 1 heterocycles. The molecule has 1 aliphatic heterocycles. The summed E-state index contributed by atoms with van der Waals surface area (Å²) in [4.78, 5) is 2.06. The molecule has 0 fully saturated rings. The first-order valence-electron chi connectivity index (χ1n) is 9.18. The van der Waals surface area contributed by atoms with Gasteiger partial charge in [0.1, 0.15) is 6.07 Å². The van der Waals surface area contributed by atoms with E-state index in [1.165, 1.54) is 0 Å². The van der Waals surface area contributed by atoms with Gasteiger partial charge in [0.15, 0.2) is 0 Å². The van der Waals surface area contributed by atoms with Gasteiger partial charge >= 0.3 is 0 Å². The molecule has 0 aromatic heterocycles. The first kappa shape index (κ1) is 17.6. The Bertz CT molecular complexity index is 1110. The standard InChI is InChI=1S/C24H20N4/c1-24(2,3)18-12-17(15-26)23(13-16(18)14-25)28-21-10-6-4-8-19(21)27-20-9-5-7-11-22(20)28/h4-13,27H,1-3H3. The van der Waals surface area contributed by atoms with Gasteiger partial charge in [-0.25, -0.2) is 0 Å². The molecule has 0 radical (unpaired) electrons. The third-order valence-corrected chi connectivity index (χ3v) is 4.98. The SMILES string of the molecule is CC(C)(C)c1cc(C#N)c(N2c3ccccc3Nc3ccccc32)cc1C#N. The Morgan fingerprint density at radius 2 is 1.29 bits per heavy atom. The van der Waals surface area contributed by atoms with Crippen molar-refractivity contribution >= 4 is 28.4 Å². The van der Waals surface area contributed by atoms with E-state index in [1.54, 1.807) is 0 Å². The van der Waals surface area contributed by atoms with Crippen molar-refractivity contribution in [1.29, 1.82) is 10.5 Å². The van der Waals surface area contributed by atoms with Crippen molar-refractivity contribution < 1.29 is 0 Å². The van der Waals surface area contributed by atoms with E-state index >= 15 is 0 Å². The van der Waals surface area contributed by atoms with Crippen LogP contribution in [0.2, 0.25) is 0 Å². The minimum Gasteiger partial charge on any atom is -0.352 e. The molecule has 3 aromatic carbocycles. The van der Waals surface area contributed by atoms with E-state index in [2.05, 4.69) is 43.1 Å². The van der Waals surface area contributed by atoms with Crippen LogP contribution in [0, 0.1) is 22.7 Å². The molecule has 28 heavy (non-hydrogen) atoms. The molecule has 1 aliphatic rings. The van der Waals surface area contributed by atoms with Crippen molar-refractivity contribution in [2.75, 3.05) is 10.2 Å². The predicted molar refractivity (Wildman–Crippen MR) is 113 cm³/mol. The maximum atomic E-state index is 9.92. The van der Waals surface area contributed by atoms with E-state index in [9.17, 15) is 10.5 Å². The Morgan fingerprint density at radius 1 is 0.750 bits per heavy atom. The average Bonchev–Trinajstić information content (AvgIpc) is 2.70. The first-order chi connectivity index (χ1) is 13.4. The fourth-order valence-electron chi connectivity index (χ4n) is 3.66. The zero-order valence-corrected chi connectivity index (χ0v) is 16.1. The maximum absolute atomic E-state index is 9.92. The predicted octanol–water partition coefficient (Wildman–Crippen LogP) is 6.25.